The molecule has 0 aliphatic heterocycles. The topological polar surface area (TPSA) is 17.8 Å². The number of thioether (sulfide) groups is 1. The Morgan fingerprint density at radius 3 is 2.35 bits per heavy atom. The quantitative estimate of drug-likeness (QED) is 0.402. The average Bonchev–Trinajstić information content (AvgIpc) is 3.09. The van der Waals surface area contributed by atoms with Gasteiger partial charge in [-0.3, -0.25) is 0 Å². The Balaban J connectivity index is 1.92. The summed E-state index contributed by atoms with van der Waals surface area (Å²) in [6, 6.07) is 16.3. The van der Waals surface area contributed by atoms with Crippen molar-refractivity contribution in [3.63, 3.8) is 0 Å². The zero-order chi connectivity index (χ0) is 16.2. The maximum atomic E-state index is 6.74. The lowest BCUT2D eigenvalue weighted by Gasteiger charge is -2.23. The molecule has 2 aromatic carbocycles. The number of aryl methyl sites for hydroxylation is 1. The number of nitrogens with zero attached hydrogens (tertiary/aromatic N) is 2. The molecule has 118 valence electrons. The molecule has 0 amide bonds. The van der Waals surface area contributed by atoms with Crippen LogP contribution in [0.5, 0.6) is 0 Å². The van der Waals surface area contributed by atoms with Crippen LogP contribution in [0.3, 0.4) is 0 Å². The van der Waals surface area contributed by atoms with Crippen LogP contribution in [0.2, 0.25) is 5.02 Å². The maximum absolute atomic E-state index is 6.74. The van der Waals surface area contributed by atoms with E-state index in [1.54, 1.807) is 24.3 Å². The second kappa shape index (κ2) is 7.43. The van der Waals surface area contributed by atoms with Gasteiger partial charge < -0.3 is 4.57 Å². The summed E-state index contributed by atoms with van der Waals surface area (Å²) in [7, 11) is 0. The number of rotatable bonds is 5. The van der Waals surface area contributed by atoms with Gasteiger partial charge in [-0.1, -0.05) is 53.0 Å². The van der Waals surface area contributed by atoms with E-state index in [4.69, 9.17) is 23.2 Å². The molecule has 3 aromatic rings. The molecule has 2 nitrogen and oxygen atoms in total. The van der Waals surface area contributed by atoms with Crippen molar-refractivity contribution in [1.29, 1.82) is 0 Å². The van der Waals surface area contributed by atoms with Crippen molar-refractivity contribution in [2.24, 2.45) is 0 Å². The van der Waals surface area contributed by atoms with Crippen molar-refractivity contribution >= 4 is 35.0 Å². The molecule has 0 aliphatic carbocycles. The predicted octanol–water partition coefficient (Wildman–Crippen LogP) is 6.12. The summed E-state index contributed by atoms with van der Waals surface area (Å²) >= 11 is 14.5. The molecule has 3 rings (SSSR count). The molecular weight excluding hydrogens is 347 g/mol. The number of benzene rings is 2. The summed E-state index contributed by atoms with van der Waals surface area (Å²) < 4.78 is 1.92. The van der Waals surface area contributed by atoms with Crippen molar-refractivity contribution < 1.29 is 0 Å². The molecule has 0 radical (unpaired) electrons. The number of hydrogen-bond acceptors (Lipinski definition) is 2. The fraction of sp³-hybridized carbons (Fsp3) is 0.167. The first kappa shape index (κ1) is 16.4. The van der Waals surface area contributed by atoms with Gasteiger partial charge in [-0.15, -0.1) is 11.8 Å². The Labute approximate surface area is 150 Å². The van der Waals surface area contributed by atoms with Crippen LogP contribution >= 0.6 is 35.0 Å². The molecule has 1 aromatic heterocycles. The highest BCUT2D eigenvalue weighted by molar-refractivity contribution is 7.99. The third-order valence-corrected chi connectivity index (χ3v) is 5.75. The van der Waals surface area contributed by atoms with Gasteiger partial charge in [0.2, 0.25) is 0 Å². The Morgan fingerprint density at radius 2 is 1.74 bits per heavy atom. The van der Waals surface area contributed by atoms with Gasteiger partial charge in [-0.2, -0.15) is 0 Å². The van der Waals surface area contributed by atoms with Crippen molar-refractivity contribution in [3.05, 3.63) is 83.4 Å². The van der Waals surface area contributed by atoms with E-state index in [9.17, 15) is 0 Å². The van der Waals surface area contributed by atoms with Crippen LogP contribution in [0.15, 0.2) is 72.1 Å². The van der Waals surface area contributed by atoms with Crippen molar-refractivity contribution in [2.45, 2.75) is 22.6 Å². The molecular formula is C18H16Cl2N2S. The summed E-state index contributed by atoms with van der Waals surface area (Å²) in [6.45, 7) is 2.08. The van der Waals surface area contributed by atoms with E-state index in [2.05, 4.69) is 36.2 Å². The molecule has 0 saturated heterocycles. The van der Waals surface area contributed by atoms with Gasteiger partial charge in [0.1, 0.15) is 5.50 Å². The van der Waals surface area contributed by atoms with Crippen LogP contribution < -0.4 is 0 Å². The lowest BCUT2D eigenvalue weighted by molar-refractivity contribution is 0.651. The average molecular weight is 363 g/mol. The van der Waals surface area contributed by atoms with E-state index in [-0.39, 0.29) is 10.8 Å². The molecule has 0 spiro atoms. The zero-order valence-corrected chi connectivity index (χ0v) is 14.9. The van der Waals surface area contributed by atoms with E-state index >= 15 is 0 Å². The first-order chi connectivity index (χ1) is 11.1. The number of alkyl halides is 1. The van der Waals surface area contributed by atoms with Gasteiger partial charge in [0.25, 0.3) is 0 Å². The monoisotopic (exact) mass is 362 g/mol. The summed E-state index contributed by atoms with van der Waals surface area (Å²) in [5.41, 5.74) is 2.13. The third kappa shape index (κ3) is 4.11. The minimum absolute atomic E-state index is 0.0471. The Hall–Kier alpha value is -1.42. The SMILES string of the molecule is Cc1ccc(SC(c2ccc(Cl)cc2)C(Cl)n2ccnc2)cc1. The Morgan fingerprint density at radius 1 is 1.04 bits per heavy atom. The fourth-order valence-electron chi connectivity index (χ4n) is 2.27. The van der Waals surface area contributed by atoms with Crippen LogP contribution in [0.25, 0.3) is 0 Å². The van der Waals surface area contributed by atoms with Crippen LogP contribution in [-0.2, 0) is 0 Å². The standard InChI is InChI=1S/C18H16Cl2N2S/c1-13-2-8-16(9-3-13)23-17(14-4-6-15(19)7-5-14)18(20)22-11-10-21-12-22/h2-12,17-18H,1H3. The van der Waals surface area contributed by atoms with Gasteiger partial charge in [0, 0.05) is 22.3 Å². The maximum Gasteiger partial charge on any atom is 0.125 e. The number of halogens is 2. The minimum atomic E-state index is -0.245. The third-order valence-electron chi connectivity index (χ3n) is 3.54. The summed E-state index contributed by atoms with van der Waals surface area (Å²) in [4.78, 5) is 5.28. The Kier molecular flexibility index (Phi) is 5.31. The van der Waals surface area contributed by atoms with Gasteiger partial charge in [-0.25, -0.2) is 4.98 Å². The summed E-state index contributed by atoms with van der Waals surface area (Å²) in [6.07, 6.45) is 5.37. The van der Waals surface area contributed by atoms with Crippen LogP contribution in [-0.4, -0.2) is 9.55 Å². The lowest BCUT2D eigenvalue weighted by Crippen LogP contribution is -2.09. The van der Waals surface area contributed by atoms with Gasteiger partial charge in [0.15, 0.2) is 0 Å². The van der Waals surface area contributed by atoms with Crippen LogP contribution in [0, 0.1) is 6.92 Å². The second-order valence-electron chi connectivity index (χ2n) is 5.29. The summed E-state index contributed by atoms with van der Waals surface area (Å²) in [5.74, 6) is 0. The van der Waals surface area contributed by atoms with Crippen molar-refractivity contribution in [2.75, 3.05) is 0 Å². The van der Waals surface area contributed by atoms with Gasteiger partial charge in [0.05, 0.1) is 11.6 Å². The Bertz CT molecular complexity index is 740. The van der Waals surface area contributed by atoms with E-state index < -0.39 is 0 Å². The molecule has 23 heavy (non-hydrogen) atoms. The first-order valence-electron chi connectivity index (χ1n) is 7.24. The van der Waals surface area contributed by atoms with Crippen molar-refractivity contribution in [1.82, 2.24) is 9.55 Å². The normalized spacial score (nSPS) is 13.7. The molecule has 0 N–H and O–H groups in total. The lowest BCUT2D eigenvalue weighted by atomic mass is 10.1. The summed E-state index contributed by atoms with van der Waals surface area (Å²) in [5, 5.41) is 0.771. The van der Waals surface area contributed by atoms with Crippen molar-refractivity contribution in [3.8, 4) is 0 Å². The highest BCUT2D eigenvalue weighted by Gasteiger charge is 2.24. The van der Waals surface area contributed by atoms with E-state index in [0.29, 0.717) is 0 Å². The van der Waals surface area contributed by atoms with E-state index in [1.807, 2.05) is 35.0 Å². The molecule has 5 heteroatoms. The molecule has 0 fully saturated rings. The highest BCUT2D eigenvalue weighted by atomic mass is 35.5. The molecule has 2 unspecified atom stereocenters. The van der Waals surface area contributed by atoms with Crippen LogP contribution in [0.4, 0.5) is 0 Å². The van der Waals surface area contributed by atoms with E-state index in [0.717, 1.165) is 10.6 Å². The predicted molar refractivity (Wildman–Crippen MR) is 98.3 cm³/mol. The molecule has 1 heterocycles. The molecule has 0 bridgehead atoms. The fourth-order valence-corrected chi connectivity index (χ4v) is 3.94. The van der Waals surface area contributed by atoms with Gasteiger partial charge >= 0.3 is 0 Å². The van der Waals surface area contributed by atoms with Gasteiger partial charge in [-0.05, 0) is 36.8 Å². The molecule has 0 saturated carbocycles. The smallest absolute Gasteiger partial charge is 0.125 e. The molecule has 2 atom stereocenters. The zero-order valence-electron chi connectivity index (χ0n) is 12.6. The largest absolute Gasteiger partial charge is 0.319 e. The number of hydrogen-bond donors (Lipinski definition) is 0. The number of aromatic nitrogens is 2. The van der Waals surface area contributed by atoms with E-state index in [1.165, 1.54) is 10.5 Å². The minimum Gasteiger partial charge on any atom is -0.319 e. The molecule has 0 aliphatic rings. The van der Waals surface area contributed by atoms with Crippen LogP contribution in [0.1, 0.15) is 21.9 Å². The highest BCUT2D eigenvalue weighted by Crippen LogP contribution is 2.45. The number of imidazole rings is 1. The first-order valence-corrected chi connectivity index (χ1v) is 8.93. The second-order valence-corrected chi connectivity index (χ2v) is 7.38.